The van der Waals surface area contributed by atoms with Gasteiger partial charge in [0, 0.05) is 11.3 Å². The van der Waals surface area contributed by atoms with Crippen molar-refractivity contribution in [1.29, 1.82) is 0 Å². The van der Waals surface area contributed by atoms with Gasteiger partial charge in [0.05, 0.1) is 18.7 Å². The lowest BCUT2D eigenvalue weighted by Crippen LogP contribution is -2.45. The first kappa shape index (κ1) is 15.6. The van der Waals surface area contributed by atoms with Crippen LogP contribution in [0.25, 0.3) is 0 Å². The summed E-state index contributed by atoms with van der Waals surface area (Å²) in [6.45, 7) is 5.59. The first-order valence-electron chi connectivity index (χ1n) is 6.77. The second kappa shape index (κ2) is 6.80. The number of amides is 2. The zero-order chi connectivity index (χ0) is 16.1. The van der Waals surface area contributed by atoms with Gasteiger partial charge < -0.3 is 20.1 Å². The van der Waals surface area contributed by atoms with Crippen molar-refractivity contribution in [3.8, 4) is 5.75 Å². The molecule has 1 aromatic carbocycles. The van der Waals surface area contributed by atoms with Crippen molar-refractivity contribution in [3.05, 3.63) is 53.8 Å². The third-order valence-corrected chi connectivity index (χ3v) is 3.26. The van der Waals surface area contributed by atoms with Crippen molar-refractivity contribution in [1.82, 2.24) is 10.6 Å². The van der Waals surface area contributed by atoms with Gasteiger partial charge in [0.1, 0.15) is 12.4 Å². The van der Waals surface area contributed by atoms with Crippen molar-refractivity contribution in [2.45, 2.75) is 13.0 Å². The Labute approximate surface area is 128 Å². The number of esters is 1. The van der Waals surface area contributed by atoms with Crippen LogP contribution in [0.2, 0.25) is 0 Å². The van der Waals surface area contributed by atoms with Crippen molar-refractivity contribution < 1.29 is 19.1 Å². The number of carbonyl (C=O) groups excluding carboxylic acids is 2. The van der Waals surface area contributed by atoms with Crippen LogP contribution in [-0.2, 0) is 9.53 Å². The summed E-state index contributed by atoms with van der Waals surface area (Å²) in [7, 11) is 1.30. The van der Waals surface area contributed by atoms with Crippen LogP contribution >= 0.6 is 0 Å². The Bertz CT molecular complexity index is 637. The number of benzene rings is 1. The third kappa shape index (κ3) is 3.11. The molecule has 0 fully saturated rings. The Hall–Kier alpha value is -2.76. The van der Waals surface area contributed by atoms with E-state index in [9.17, 15) is 9.59 Å². The predicted octanol–water partition coefficient (Wildman–Crippen LogP) is 2.05. The normalized spacial score (nSPS) is 17.4. The Balaban J connectivity index is 2.48. The van der Waals surface area contributed by atoms with Gasteiger partial charge in [-0.05, 0) is 13.0 Å². The highest BCUT2D eigenvalue weighted by Gasteiger charge is 2.33. The topological polar surface area (TPSA) is 76.7 Å². The van der Waals surface area contributed by atoms with Crippen LogP contribution in [-0.4, -0.2) is 25.7 Å². The van der Waals surface area contributed by atoms with Gasteiger partial charge in [-0.1, -0.05) is 30.9 Å². The smallest absolute Gasteiger partial charge is 0.337 e. The maximum Gasteiger partial charge on any atom is 0.337 e. The molecule has 2 amide bonds. The number of hydrogen-bond acceptors (Lipinski definition) is 4. The fourth-order valence-electron chi connectivity index (χ4n) is 2.31. The molecule has 2 N–H and O–H groups in total. The first-order chi connectivity index (χ1) is 10.6. The number of rotatable bonds is 5. The van der Waals surface area contributed by atoms with E-state index < -0.39 is 12.0 Å². The van der Waals surface area contributed by atoms with E-state index in [1.165, 1.54) is 7.11 Å². The van der Waals surface area contributed by atoms with Crippen LogP contribution in [0.1, 0.15) is 18.5 Å². The standard InChI is InChI=1S/C16H18N2O4/c1-4-9-22-12-8-6-5-7-11(12)14-13(15(19)21-3)10(2)17-16(20)18-14/h4-8,14H,1,9H2,2-3H3,(H2,17,18,20). The highest BCUT2D eigenvalue weighted by molar-refractivity contribution is 5.95. The fourth-order valence-corrected chi connectivity index (χ4v) is 2.31. The van der Waals surface area contributed by atoms with E-state index in [1.54, 1.807) is 25.1 Å². The largest absolute Gasteiger partial charge is 0.489 e. The molecule has 1 unspecified atom stereocenters. The molecule has 0 aliphatic carbocycles. The minimum atomic E-state index is -0.637. The number of allylic oxidation sites excluding steroid dienone is 1. The molecule has 0 radical (unpaired) electrons. The molecule has 1 aromatic rings. The number of carbonyl (C=O) groups is 2. The fraction of sp³-hybridized carbons (Fsp3) is 0.250. The molecule has 1 aliphatic rings. The molecule has 0 spiro atoms. The van der Waals surface area contributed by atoms with Crippen molar-refractivity contribution in [2.75, 3.05) is 13.7 Å². The molecule has 6 nitrogen and oxygen atoms in total. The molecular formula is C16H18N2O4. The summed E-state index contributed by atoms with van der Waals surface area (Å²) in [4.78, 5) is 23.8. The lowest BCUT2D eigenvalue weighted by Gasteiger charge is -2.28. The minimum absolute atomic E-state index is 0.326. The highest BCUT2D eigenvalue weighted by atomic mass is 16.5. The molecule has 0 saturated heterocycles. The Morgan fingerprint density at radius 2 is 2.14 bits per heavy atom. The van der Waals surface area contributed by atoms with Crippen LogP contribution in [0.15, 0.2) is 48.2 Å². The van der Waals surface area contributed by atoms with Crippen LogP contribution in [0, 0.1) is 0 Å². The maximum absolute atomic E-state index is 12.1. The minimum Gasteiger partial charge on any atom is -0.489 e. The van der Waals surface area contributed by atoms with Gasteiger partial charge in [0.25, 0.3) is 0 Å². The molecule has 22 heavy (non-hydrogen) atoms. The van der Waals surface area contributed by atoms with Gasteiger partial charge in [0.2, 0.25) is 0 Å². The average molecular weight is 302 g/mol. The molecule has 0 bridgehead atoms. The number of hydrogen-bond donors (Lipinski definition) is 2. The monoisotopic (exact) mass is 302 g/mol. The quantitative estimate of drug-likeness (QED) is 0.644. The second-order valence-electron chi connectivity index (χ2n) is 4.70. The maximum atomic E-state index is 12.1. The van der Waals surface area contributed by atoms with Crippen molar-refractivity contribution >= 4 is 12.0 Å². The molecular weight excluding hydrogens is 284 g/mol. The molecule has 1 heterocycles. The summed E-state index contributed by atoms with van der Waals surface area (Å²) in [5.41, 5.74) is 1.48. The summed E-state index contributed by atoms with van der Waals surface area (Å²) in [5.74, 6) is 0.0670. The Morgan fingerprint density at radius 3 is 2.82 bits per heavy atom. The summed E-state index contributed by atoms with van der Waals surface area (Å²) in [5, 5.41) is 5.31. The Kier molecular flexibility index (Phi) is 4.83. The molecule has 116 valence electrons. The number of nitrogens with one attached hydrogen (secondary N) is 2. The molecule has 0 aromatic heterocycles. The second-order valence-corrected chi connectivity index (χ2v) is 4.70. The highest BCUT2D eigenvalue weighted by Crippen LogP contribution is 2.33. The van der Waals surface area contributed by atoms with E-state index in [0.717, 1.165) is 0 Å². The van der Waals surface area contributed by atoms with Gasteiger partial charge in [-0.15, -0.1) is 0 Å². The average Bonchev–Trinajstić information content (AvgIpc) is 2.51. The van der Waals surface area contributed by atoms with E-state index in [2.05, 4.69) is 17.2 Å². The van der Waals surface area contributed by atoms with Gasteiger partial charge in [-0.3, -0.25) is 0 Å². The number of ether oxygens (including phenoxy) is 2. The van der Waals surface area contributed by atoms with Crippen LogP contribution in [0.4, 0.5) is 4.79 Å². The number of para-hydroxylation sites is 1. The lowest BCUT2D eigenvalue weighted by atomic mass is 9.95. The van der Waals surface area contributed by atoms with Crippen LogP contribution in [0.3, 0.4) is 0 Å². The van der Waals surface area contributed by atoms with E-state index in [4.69, 9.17) is 9.47 Å². The number of urea groups is 1. The van der Waals surface area contributed by atoms with Crippen molar-refractivity contribution in [2.24, 2.45) is 0 Å². The van der Waals surface area contributed by atoms with Gasteiger partial charge in [0.15, 0.2) is 0 Å². The molecule has 6 heteroatoms. The van der Waals surface area contributed by atoms with Crippen LogP contribution in [0.5, 0.6) is 5.75 Å². The van der Waals surface area contributed by atoms with E-state index in [-0.39, 0.29) is 6.03 Å². The van der Waals surface area contributed by atoms with Gasteiger partial charge >= 0.3 is 12.0 Å². The van der Waals surface area contributed by atoms with E-state index >= 15 is 0 Å². The summed E-state index contributed by atoms with van der Waals surface area (Å²) < 4.78 is 10.4. The summed E-state index contributed by atoms with van der Waals surface area (Å²) in [6.07, 6.45) is 1.63. The molecule has 2 rings (SSSR count). The number of methoxy groups -OCH3 is 1. The van der Waals surface area contributed by atoms with Gasteiger partial charge in [-0.2, -0.15) is 0 Å². The predicted molar refractivity (Wildman–Crippen MR) is 81.3 cm³/mol. The van der Waals surface area contributed by atoms with E-state index in [0.29, 0.717) is 29.2 Å². The van der Waals surface area contributed by atoms with Gasteiger partial charge in [-0.25, -0.2) is 9.59 Å². The lowest BCUT2D eigenvalue weighted by molar-refractivity contribution is -0.136. The van der Waals surface area contributed by atoms with Crippen LogP contribution < -0.4 is 15.4 Å². The SMILES string of the molecule is C=CCOc1ccccc1C1NC(=O)NC(C)=C1C(=O)OC. The molecule has 1 aliphatic heterocycles. The summed E-state index contributed by atoms with van der Waals surface area (Å²) in [6, 6.07) is 6.19. The first-order valence-corrected chi connectivity index (χ1v) is 6.77. The zero-order valence-electron chi connectivity index (χ0n) is 12.5. The van der Waals surface area contributed by atoms with E-state index in [1.807, 2.05) is 12.1 Å². The summed E-state index contributed by atoms with van der Waals surface area (Å²) >= 11 is 0. The Morgan fingerprint density at radius 1 is 1.41 bits per heavy atom. The third-order valence-electron chi connectivity index (χ3n) is 3.26. The zero-order valence-corrected chi connectivity index (χ0v) is 12.5. The molecule has 1 atom stereocenters. The molecule has 0 saturated carbocycles. The van der Waals surface area contributed by atoms with Crippen molar-refractivity contribution in [3.63, 3.8) is 0 Å².